The van der Waals surface area contributed by atoms with Gasteiger partial charge in [0.15, 0.2) is 0 Å². The van der Waals surface area contributed by atoms with E-state index in [0.29, 0.717) is 11.0 Å². The van der Waals surface area contributed by atoms with Crippen LogP contribution in [0.4, 0.5) is 11.4 Å². The Morgan fingerprint density at radius 1 is 0.774 bits per heavy atom. The van der Waals surface area contributed by atoms with Crippen molar-refractivity contribution in [2.45, 2.75) is 16.9 Å². The summed E-state index contributed by atoms with van der Waals surface area (Å²) in [4.78, 5) is 0.0409. The van der Waals surface area contributed by atoms with Gasteiger partial charge in [-0.2, -0.15) is 8.42 Å². The molecule has 0 aliphatic rings. The number of para-hydroxylation sites is 1. The van der Waals surface area contributed by atoms with Crippen molar-refractivity contribution in [3.63, 3.8) is 0 Å². The van der Waals surface area contributed by atoms with E-state index in [1.165, 1.54) is 36.4 Å². The van der Waals surface area contributed by atoms with Gasteiger partial charge in [-0.05, 0) is 43.3 Å². The van der Waals surface area contributed by atoms with Crippen LogP contribution in [0.5, 0.6) is 0 Å². The maximum atomic E-state index is 12.9. The van der Waals surface area contributed by atoms with E-state index in [-0.39, 0.29) is 26.4 Å². The molecular weight excluding hydrogens is 460 g/mol. The van der Waals surface area contributed by atoms with Gasteiger partial charge in [0.2, 0.25) is 5.09 Å². The number of hydrogen-bond donors (Lipinski definition) is 2. The molecule has 1 aromatic heterocycles. The Bertz CT molecular complexity index is 1440. The maximum Gasteiger partial charge on any atom is 0.295 e. The molecule has 0 aliphatic carbocycles. The summed E-state index contributed by atoms with van der Waals surface area (Å²) in [5.74, 6) is 0. The molecule has 3 aromatic carbocycles. The number of furan rings is 1. The Morgan fingerprint density at radius 3 is 2.16 bits per heavy atom. The molecule has 0 spiro atoms. The first-order chi connectivity index (χ1) is 14.6. The zero-order valence-corrected chi connectivity index (χ0v) is 18.6. The highest BCUT2D eigenvalue weighted by atomic mass is 35.5. The van der Waals surface area contributed by atoms with Gasteiger partial charge in [-0.25, -0.2) is 8.42 Å². The molecule has 10 heteroatoms. The van der Waals surface area contributed by atoms with Gasteiger partial charge in [-0.15, -0.1) is 0 Å². The van der Waals surface area contributed by atoms with E-state index in [1.807, 2.05) is 6.92 Å². The molecule has 0 radical (unpaired) electrons. The Kier molecular flexibility index (Phi) is 5.42. The van der Waals surface area contributed by atoms with Crippen LogP contribution >= 0.6 is 11.6 Å². The second kappa shape index (κ2) is 7.92. The summed E-state index contributed by atoms with van der Waals surface area (Å²) in [6.07, 6.45) is 0. The molecule has 0 saturated heterocycles. The van der Waals surface area contributed by atoms with Crippen LogP contribution in [-0.2, 0) is 20.0 Å². The second-order valence-corrected chi connectivity index (χ2v) is 10.5. The van der Waals surface area contributed by atoms with Crippen molar-refractivity contribution in [1.82, 2.24) is 0 Å². The van der Waals surface area contributed by atoms with Gasteiger partial charge < -0.3 is 4.42 Å². The summed E-state index contributed by atoms with van der Waals surface area (Å²) in [6.45, 7) is 1.84. The molecule has 0 fully saturated rings. The molecule has 0 atom stereocenters. The van der Waals surface area contributed by atoms with Gasteiger partial charge in [0.25, 0.3) is 20.0 Å². The number of aryl methyl sites for hydroxylation is 1. The van der Waals surface area contributed by atoms with Crippen LogP contribution in [0.3, 0.4) is 0 Å². The lowest BCUT2D eigenvalue weighted by atomic mass is 10.2. The van der Waals surface area contributed by atoms with Crippen molar-refractivity contribution in [2.24, 2.45) is 0 Å². The van der Waals surface area contributed by atoms with E-state index in [9.17, 15) is 16.8 Å². The highest BCUT2D eigenvalue weighted by molar-refractivity contribution is 7.93. The zero-order chi connectivity index (χ0) is 22.2. The highest BCUT2D eigenvalue weighted by Gasteiger charge is 2.23. The van der Waals surface area contributed by atoms with Gasteiger partial charge in [-0.3, -0.25) is 9.44 Å². The third kappa shape index (κ3) is 4.53. The summed E-state index contributed by atoms with van der Waals surface area (Å²) in [5.41, 5.74) is 1.30. The van der Waals surface area contributed by atoms with E-state index in [1.54, 1.807) is 36.4 Å². The summed E-state index contributed by atoms with van der Waals surface area (Å²) in [6, 6.07) is 18.7. The van der Waals surface area contributed by atoms with Gasteiger partial charge in [0.1, 0.15) is 5.58 Å². The number of halogens is 1. The van der Waals surface area contributed by atoms with Gasteiger partial charge in [0, 0.05) is 16.5 Å². The molecule has 7 nitrogen and oxygen atoms in total. The fraction of sp³-hybridized carbons (Fsp3) is 0.0476. The summed E-state index contributed by atoms with van der Waals surface area (Å²) in [7, 11) is -8.11. The lowest BCUT2D eigenvalue weighted by Crippen LogP contribution is -2.17. The van der Waals surface area contributed by atoms with Crippen molar-refractivity contribution >= 4 is 54.0 Å². The van der Waals surface area contributed by atoms with E-state index < -0.39 is 20.0 Å². The second-order valence-electron chi connectivity index (χ2n) is 6.82. The van der Waals surface area contributed by atoms with Crippen LogP contribution in [-0.4, -0.2) is 16.8 Å². The zero-order valence-electron chi connectivity index (χ0n) is 16.2. The number of fused-ring (bicyclic) bond motifs is 1. The predicted molar refractivity (Wildman–Crippen MR) is 120 cm³/mol. The largest absolute Gasteiger partial charge is 0.443 e. The molecule has 31 heavy (non-hydrogen) atoms. The first-order valence-electron chi connectivity index (χ1n) is 9.04. The fourth-order valence-electron chi connectivity index (χ4n) is 2.90. The average molecular weight is 477 g/mol. The maximum absolute atomic E-state index is 12.9. The SMILES string of the molecule is Cc1ccc(S(=O)(=O)Nc2ccc(Cl)cc2NS(=O)(=O)c2cc3ccccc3o2)cc1. The normalized spacial score (nSPS) is 12.1. The third-order valence-corrected chi connectivity index (χ3v) is 7.31. The molecule has 0 unspecified atom stereocenters. The minimum Gasteiger partial charge on any atom is -0.443 e. The summed E-state index contributed by atoms with van der Waals surface area (Å²) < 4.78 is 61.5. The molecule has 0 aliphatic heterocycles. The number of anilines is 2. The van der Waals surface area contributed by atoms with Crippen LogP contribution in [0.2, 0.25) is 5.02 Å². The number of hydrogen-bond acceptors (Lipinski definition) is 5. The first-order valence-corrected chi connectivity index (χ1v) is 12.4. The highest BCUT2D eigenvalue weighted by Crippen LogP contribution is 2.31. The van der Waals surface area contributed by atoms with Crippen LogP contribution in [0.25, 0.3) is 11.0 Å². The molecule has 2 N–H and O–H groups in total. The molecule has 0 amide bonds. The predicted octanol–water partition coefficient (Wildman–Crippen LogP) is 5.00. The summed E-state index contributed by atoms with van der Waals surface area (Å²) in [5, 5.41) is 0.538. The third-order valence-electron chi connectivity index (χ3n) is 4.47. The number of sulfonamides is 2. The van der Waals surface area contributed by atoms with Crippen molar-refractivity contribution in [1.29, 1.82) is 0 Å². The van der Waals surface area contributed by atoms with Crippen LogP contribution in [0.1, 0.15) is 5.56 Å². The standard InChI is InChI=1S/C21H17ClN2O5S2/c1-14-6-9-17(10-7-14)30(25,26)23-18-11-8-16(22)13-19(18)24-31(27,28)21-12-15-4-2-3-5-20(15)29-21/h2-13,23-24H,1H3. The lowest BCUT2D eigenvalue weighted by Gasteiger charge is -2.14. The quantitative estimate of drug-likeness (QED) is 0.407. The minimum atomic E-state index is -4.15. The Balaban J connectivity index is 1.69. The van der Waals surface area contributed by atoms with Gasteiger partial charge in [-0.1, -0.05) is 47.5 Å². The van der Waals surface area contributed by atoms with Crippen molar-refractivity contribution in [2.75, 3.05) is 9.44 Å². The molecule has 1 heterocycles. The van der Waals surface area contributed by atoms with Crippen LogP contribution in [0.15, 0.2) is 87.2 Å². The average Bonchev–Trinajstić information content (AvgIpc) is 3.15. The minimum absolute atomic E-state index is 0.0182. The smallest absolute Gasteiger partial charge is 0.295 e. The monoisotopic (exact) mass is 476 g/mol. The molecule has 4 rings (SSSR count). The van der Waals surface area contributed by atoms with Crippen molar-refractivity contribution in [3.8, 4) is 0 Å². The molecular formula is C21H17ClN2O5S2. The number of benzene rings is 3. The fourth-order valence-corrected chi connectivity index (χ4v) is 5.19. The van der Waals surface area contributed by atoms with Gasteiger partial charge >= 0.3 is 0 Å². The van der Waals surface area contributed by atoms with Crippen molar-refractivity contribution < 1.29 is 21.3 Å². The van der Waals surface area contributed by atoms with E-state index >= 15 is 0 Å². The first kappa shape index (κ1) is 21.2. The lowest BCUT2D eigenvalue weighted by molar-refractivity contribution is 0.484. The number of nitrogens with one attached hydrogen (secondary N) is 2. The Morgan fingerprint density at radius 2 is 1.45 bits per heavy atom. The Labute approximate surface area is 184 Å². The molecule has 160 valence electrons. The van der Waals surface area contributed by atoms with Crippen LogP contribution < -0.4 is 9.44 Å². The van der Waals surface area contributed by atoms with Crippen molar-refractivity contribution in [3.05, 3.63) is 83.4 Å². The summed E-state index contributed by atoms with van der Waals surface area (Å²) >= 11 is 6.03. The topological polar surface area (TPSA) is 105 Å². The molecule has 0 saturated carbocycles. The Hall–Kier alpha value is -3.01. The van der Waals surface area contributed by atoms with E-state index in [0.717, 1.165) is 5.56 Å². The van der Waals surface area contributed by atoms with Crippen LogP contribution in [0, 0.1) is 6.92 Å². The molecule has 0 bridgehead atoms. The number of rotatable bonds is 6. The molecule has 4 aromatic rings. The van der Waals surface area contributed by atoms with Gasteiger partial charge in [0.05, 0.1) is 16.3 Å². The van der Waals surface area contributed by atoms with E-state index in [2.05, 4.69) is 9.44 Å². The van der Waals surface area contributed by atoms with E-state index in [4.69, 9.17) is 16.0 Å².